The van der Waals surface area contributed by atoms with E-state index < -0.39 is 11.6 Å². The van der Waals surface area contributed by atoms with Crippen LogP contribution in [0.5, 0.6) is 0 Å². The molecule has 0 saturated heterocycles. The minimum Gasteiger partial charge on any atom is -0.481 e. The molecule has 1 aromatic carbocycles. The molecule has 3 nitrogen and oxygen atoms in total. The van der Waals surface area contributed by atoms with Crippen LogP contribution in [0.25, 0.3) is 0 Å². The molecule has 1 aromatic rings. The van der Waals surface area contributed by atoms with Crippen molar-refractivity contribution in [2.45, 2.75) is 45.6 Å². The van der Waals surface area contributed by atoms with Gasteiger partial charge in [0.25, 0.3) is 0 Å². The van der Waals surface area contributed by atoms with E-state index in [4.69, 9.17) is 5.11 Å². The van der Waals surface area contributed by atoms with Gasteiger partial charge in [0.15, 0.2) is 0 Å². The third-order valence-electron chi connectivity index (χ3n) is 3.45. The van der Waals surface area contributed by atoms with Gasteiger partial charge in [0.2, 0.25) is 0 Å². The second kappa shape index (κ2) is 5.53. The lowest BCUT2D eigenvalue weighted by Crippen LogP contribution is -2.34. The lowest BCUT2D eigenvalue weighted by atomic mass is 9.80. The summed E-state index contributed by atoms with van der Waals surface area (Å²) in [5.74, 6) is -0.719. The number of aliphatic carboxylic acids is 1. The van der Waals surface area contributed by atoms with E-state index in [1.165, 1.54) is 5.56 Å². The largest absolute Gasteiger partial charge is 0.481 e. The molecule has 1 unspecified atom stereocenters. The zero-order chi connectivity index (χ0) is 13.9. The number of benzene rings is 1. The highest BCUT2D eigenvalue weighted by atomic mass is 16.4. The molecular weight excluding hydrogens is 228 g/mol. The van der Waals surface area contributed by atoms with E-state index in [9.17, 15) is 9.90 Å². The summed E-state index contributed by atoms with van der Waals surface area (Å²) >= 11 is 0. The first kappa shape index (κ1) is 14.7. The summed E-state index contributed by atoms with van der Waals surface area (Å²) in [6.45, 7) is 7.86. The van der Waals surface area contributed by atoms with Crippen molar-refractivity contribution in [2.75, 3.05) is 0 Å². The van der Waals surface area contributed by atoms with Gasteiger partial charge in [-0.25, -0.2) is 0 Å². The molecule has 18 heavy (non-hydrogen) atoms. The Morgan fingerprint density at radius 2 is 1.67 bits per heavy atom. The van der Waals surface area contributed by atoms with E-state index in [2.05, 4.69) is 13.8 Å². The standard InChI is InChI=1S/C15H22O3/c1-10(2)12-5-7-13(8-6-12)15(18,11(3)4)9-14(16)17/h5-8,10-11,18H,9H2,1-4H3,(H,16,17). The van der Waals surface area contributed by atoms with E-state index in [0.717, 1.165) is 0 Å². The van der Waals surface area contributed by atoms with Crippen molar-refractivity contribution in [1.29, 1.82) is 0 Å². The van der Waals surface area contributed by atoms with Gasteiger partial charge in [-0.1, -0.05) is 52.0 Å². The van der Waals surface area contributed by atoms with Crippen molar-refractivity contribution in [3.8, 4) is 0 Å². The van der Waals surface area contributed by atoms with Gasteiger partial charge in [0.1, 0.15) is 5.60 Å². The van der Waals surface area contributed by atoms with E-state index in [1.54, 1.807) is 0 Å². The van der Waals surface area contributed by atoms with Crippen LogP contribution >= 0.6 is 0 Å². The Morgan fingerprint density at radius 1 is 1.17 bits per heavy atom. The predicted molar refractivity (Wildman–Crippen MR) is 71.5 cm³/mol. The minimum absolute atomic E-state index is 0.154. The molecule has 0 fully saturated rings. The highest BCUT2D eigenvalue weighted by molar-refractivity contribution is 5.68. The molecule has 0 heterocycles. The fraction of sp³-hybridized carbons (Fsp3) is 0.533. The van der Waals surface area contributed by atoms with Crippen LogP contribution in [0.3, 0.4) is 0 Å². The molecule has 0 aliphatic heterocycles. The molecular formula is C15H22O3. The molecule has 0 aliphatic carbocycles. The van der Waals surface area contributed by atoms with Gasteiger partial charge in [-0.05, 0) is 23.0 Å². The van der Waals surface area contributed by atoms with Crippen LogP contribution in [0.1, 0.15) is 51.2 Å². The number of aliphatic hydroxyl groups is 1. The van der Waals surface area contributed by atoms with Gasteiger partial charge in [-0.2, -0.15) is 0 Å². The molecule has 0 aromatic heterocycles. The molecule has 100 valence electrons. The summed E-state index contributed by atoms with van der Waals surface area (Å²) in [6, 6.07) is 7.57. The van der Waals surface area contributed by atoms with Crippen molar-refractivity contribution in [3.63, 3.8) is 0 Å². The zero-order valence-corrected chi connectivity index (χ0v) is 11.5. The van der Waals surface area contributed by atoms with Gasteiger partial charge in [-0.15, -0.1) is 0 Å². The van der Waals surface area contributed by atoms with Crippen molar-refractivity contribution in [2.24, 2.45) is 5.92 Å². The van der Waals surface area contributed by atoms with Crippen LogP contribution in [0.4, 0.5) is 0 Å². The van der Waals surface area contributed by atoms with Gasteiger partial charge in [-0.3, -0.25) is 4.79 Å². The molecule has 0 aliphatic rings. The van der Waals surface area contributed by atoms with Crippen LogP contribution in [0.2, 0.25) is 0 Å². The number of hydrogen-bond donors (Lipinski definition) is 2. The lowest BCUT2D eigenvalue weighted by Gasteiger charge is -2.31. The highest BCUT2D eigenvalue weighted by Crippen LogP contribution is 2.33. The Bertz CT molecular complexity index is 406. The average molecular weight is 250 g/mol. The van der Waals surface area contributed by atoms with Crippen molar-refractivity contribution in [1.82, 2.24) is 0 Å². The fourth-order valence-electron chi connectivity index (χ4n) is 2.03. The first-order chi connectivity index (χ1) is 8.27. The maximum atomic E-state index is 10.9. The lowest BCUT2D eigenvalue weighted by molar-refractivity contribution is -0.145. The average Bonchev–Trinajstić information content (AvgIpc) is 2.27. The summed E-state index contributed by atoms with van der Waals surface area (Å²) in [5.41, 5.74) is 0.547. The topological polar surface area (TPSA) is 57.5 Å². The van der Waals surface area contributed by atoms with Crippen molar-refractivity contribution in [3.05, 3.63) is 35.4 Å². The smallest absolute Gasteiger partial charge is 0.306 e. The minimum atomic E-state index is -1.30. The quantitative estimate of drug-likeness (QED) is 0.844. The van der Waals surface area contributed by atoms with Gasteiger partial charge in [0, 0.05) is 0 Å². The molecule has 0 radical (unpaired) electrons. The Kier molecular flexibility index (Phi) is 4.52. The van der Waals surface area contributed by atoms with Crippen molar-refractivity contribution < 1.29 is 15.0 Å². The first-order valence-electron chi connectivity index (χ1n) is 6.32. The van der Waals surface area contributed by atoms with E-state index >= 15 is 0 Å². The van der Waals surface area contributed by atoms with E-state index in [-0.39, 0.29) is 12.3 Å². The number of carboxylic acids is 1. The number of carboxylic acid groups (broad SMARTS) is 1. The first-order valence-corrected chi connectivity index (χ1v) is 6.32. The second-order valence-electron chi connectivity index (χ2n) is 5.43. The van der Waals surface area contributed by atoms with Crippen LogP contribution in [-0.4, -0.2) is 16.2 Å². The van der Waals surface area contributed by atoms with Crippen molar-refractivity contribution >= 4 is 5.97 Å². The fourth-order valence-corrected chi connectivity index (χ4v) is 2.03. The maximum Gasteiger partial charge on any atom is 0.306 e. The maximum absolute atomic E-state index is 10.9. The molecule has 2 N–H and O–H groups in total. The molecule has 1 rings (SSSR count). The Morgan fingerprint density at radius 3 is 2.00 bits per heavy atom. The highest BCUT2D eigenvalue weighted by Gasteiger charge is 2.35. The van der Waals surface area contributed by atoms with Crippen LogP contribution in [0.15, 0.2) is 24.3 Å². The Hall–Kier alpha value is -1.35. The summed E-state index contributed by atoms with van der Waals surface area (Å²) in [7, 11) is 0. The van der Waals surface area contributed by atoms with E-state index in [1.807, 2.05) is 38.1 Å². The summed E-state index contributed by atoms with van der Waals surface area (Å²) in [4.78, 5) is 10.9. The monoisotopic (exact) mass is 250 g/mol. The molecule has 3 heteroatoms. The number of hydrogen-bond acceptors (Lipinski definition) is 2. The third kappa shape index (κ3) is 3.10. The van der Waals surface area contributed by atoms with Crippen LogP contribution in [0, 0.1) is 5.92 Å². The Labute approximate surface area is 108 Å². The van der Waals surface area contributed by atoms with Gasteiger partial charge in [0.05, 0.1) is 6.42 Å². The molecule has 0 spiro atoms. The molecule has 1 atom stereocenters. The molecule has 0 bridgehead atoms. The third-order valence-corrected chi connectivity index (χ3v) is 3.45. The summed E-state index contributed by atoms with van der Waals surface area (Å²) in [6.07, 6.45) is -0.272. The Balaban J connectivity index is 3.10. The number of rotatable bonds is 5. The number of carbonyl (C=O) groups is 1. The van der Waals surface area contributed by atoms with E-state index in [0.29, 0.717) is 11.5 Å². The molecule has 0 amide bonds. The zero-order valence-electron chi connectivity index (χ0n) is 11.5. The SMILES string of the molecule is CC(C)c1ccc(C(O)(CC(=O)O)C(C)C)cc1. The second-order valence-corrected chi connectivity index (χ2v) is 5.43. The van der Waals surface area contributed by atoms with Crippen LogP contribution in [-0.2, 0) is 10.4 Å². The van der Waals surface area contributed by atoms with Crippen LogP contribution < -0.4 is 0 Å². The summed E-state index contributed by atoms with van der Waals surface area (Å²) in [5, 5.41) is 19.5. The normalized spacial score (nSPS) is 14.8. The van der Waals surface area contributed by atoms with Gasteiger partial charge < -0.3 is 10.2 Å². The van der Waals surface area contributed by atoms with Gasteiger partial charge >= 0.3 is 5.97 Å². The summed E-state index contributed by atoms with van der Waals surface area (Å²) < 4.78 is 0. The predicted octanol–water partition coefficient (Wildman–Crippen LogP) is 3.13. The molecule has 0 saturated carbocycles.